The molecule has 1 heterocycles. The van der Waals surface area contributed by atoms with Crippen LogP contribution in [0.4, 0.5) is 5.69 Å². The van der Waals surface area contributed by atoms with Gasteiger partial charge in [-0.25, -0.2) is 4.98 Å². The number of anilines is 1. The number of hydrogen-bond donors (Lipinski definition) is 2. The molecule has 2 N–H and O–H groups in total. The summed E-state index contributed by atoms with van der Waals surface area (Å²) < 4.78 is 12.2. The van der Waals surface area contributed by atoms with E-state index in [2.05, 4.69) is 31.5 Å². The number of amides is 1. The van der Waals surface area contributed by atoms with Crippen molar-refractivity contribution in [2.75, 3.05) is 12.4 Å². The highest BCUT2D eigenvalue weighted by atomic mass is 79.9. The van der Waals surface area contributed by atoms with Crippen LogP contribution in [-0.4, -0.2) is 23.1 Å². The molecule has 1 amide bonds. The Balaban J connectivity index is 1.35. The van der Waals surface area contributed by atoms with Crippen molar-refractivity contribution in [1.29, 1.82) is 0 Å². The number of halogens is 2. The Hall–Kier alpha value is -3.46. The number of oxazole rings is 1. The van der Waals surface area contributed by atoms with E-state index in [-0.39, 0.29) is 11.0 Å². The molecule has 0 aliphatic carbocycles. The zero-order valence-corrected chi connectivity index (χ0v) is 21.4. The van der Waals surface area contributed by atoms with Gasteiger partial charge in [0.05, 0.1) is 23.3 Å². The Bertz CT molecular complexity index is 1620. The molecule has 0 atom stereocenters. The zero-order valence-electron chi connectivity index (χ0n) is 18.3. The first-order valence-electron chi connectivity index (χ1n) is 10.5. The molecule has 6 nitrogen and oxygen atoms in total. The molecule has 0 aliphatic rings. The number of fused-ring (bicyclic) bond motifs is 2. The van der Waals surface area contributed by atoms with Gasteiger partial charge in [-0.3, -0.25) is 10.1 Å². The molecule has 35 heavy (non-hydrogen) atoms. The lowest BCUT2D eigenvalue weighted by Gasteiger charge is -2.12. The minimum atomic E-state index is -0.376. The van der Waals surface area contributed by atoms with E-state index in [0.29, 0.717) is 44.6 Å². The minimum absolute atomic E-state index is 0.142. The maximum absolute atomic E-state index is 12.9. The molecule has 0 saturated heterocycles. The average molecular weight is 567 g/mol. The fraction of sp³-hybridized carbons (Fsp3) is 0.0385. The lowest BCUT2D eigenvalue weighted by Crippen LogP contribution is -2.34. The van der Waals surface area contributed by atoms with Crippen molar-refractivity contribution in [3.63, 3.8) is 0 Å². The van der Waals surface area contributed by atoms with Gasteiger partial charge in [0.25, 0.3) is 5.91 Å². The SMILES string of the molecule is COc1cc2ccccc2cc1C(=O)NC(=S)Nc1ccc2oc(-c3cc(Br)ccc3Cl)nc2c1. The van der Waals surface area contributed by atoms with Crippen molar-refractivity contribution in [2.45, 2.75) is 0 Å². The van der Waals surface area contributed by atoms with Gasteiger partial charge < -0.3 is 14.5 Å². The number of rotatable bonds is 4. The van der Waals surface area contributed by atoms with Gasteiger partial charge >= 0.3 is 0 Å². The van der Waals surface area contributed by atoms with E-state index >= 15 is 0 Å². The topological polar surface area (TPSA) is 76.4 Å². The highest BCUT2D eigenvalue weighted by molar-refractivity contribution is 9.10. The van der Waals surface area contributed by atoms with Gasteiger partial charge in [-0.1, -0.05) is 51.8 Å². The average Bonchev–Trinajstić information content (AvgIpc) is 3.27. The van der Waals surface area contributed by atoms with Gasteiger partial charge in [-0.05, 0) is 71.5 Å². The predicted molar refractivity (Wildman–Crippen MR) is 146 cm³/mol. The monoisotopic (exact) mass is 565 g/mol. The van der Waals surface area contributed by atoms with Crippen LogP contribution in [0.5, 0.6) is 5.75 Å². The second-order valence-electron chi connectivity index (χ2n) is 7.63. The Morgan fingerprint density at radius 2 is 1.83 bits per heavy atom. The van der Waals surface area contributed by atoms with E-state index in [1.807, 2.05) is 42.5 Å². The van der Waals surface area contributed by atoms with Gasteiger partial charge in [-0.2, -0.15) is 0 Å². The van der Waals surface area contributed by atoms with Crippen molar-refractivity contribution in [3.05, 3.63) is 87.9 Å². The number of carbonyl (C=O) groups excluding carboxylic acids is 1. The van der Waals surface area contributed by atoms with Gasteiger partial charge in [0, 0.05) is 10.2 Å². The van der Waals surface area contributed by atoms with Crippen LogP contribution in [0.3, 0.4) is 0 Å². The normalized spacial score (nSPS) is 10.9. The lowest BCUT2D eigenvalue weighted by atomic mass is 10.1. The zero-order chi connectivity index (χ0) is 24.5. The highest BCUT2D eigenvalue weighted by Crippen LogP contribution is 2.33. The fourth-order valence-electron chi connectivity index (χ4n) is 3.68. The third kappa shape index (κ3) is 4.86. The first-order chi connectivity index (χ1) is 16.9. The summed E-state index contributed by atoms with van der Waals surface area (Å²) in [7, 11) is 1.53. The number of nitrogens with one attached hydrogen (secondary N) is 2. The van der Waals surface area contributed by atoms with Crippen molar-refractivity contribution >= 4 is 78.3 Å². The summed E-state index contributed by atoms with van der Waals surface area (Å²) in [6.45, 7) is 0. The second kappa shape index (κ2) is 9.65. The highest BCUT2D eigenvalue weighted by Gasteiger charge is 2.16. The molecule has 0 radical (unpaired) electrons. The number of methoxy groups -OCH3 is 1. The predicted octanol–water partition coefficient (Wildman–Crippen LogP) is 7.20. The minimum Gasteiger partial charge on any atom is -0.496 e. The van der Waals surface area contributed by atoms with Crippen LogP contribution >= 0.6 is 39.7 Å². The maximum atomic E-state index is 12.9. The van der Waals surface area contributed by atoms with Gasteiger partial charge in [-0.15, -0.1) is 0 Å². The molecule has 5 aromatic rings. The van der Waals surface area contributed by atoms with Gasteiger partial charge in [0.1, 0.15) is 11.3 Å². The van der Waals surface area contributed by atoms with Crippen LogP contribution in [0.15, 0.2) is 81.7 Å². The summed E-state index contributed by atoms with van der Waals surface area (Å²) in [5.41, 5.74) is 2.92. The molecule has 0 saturated carbocycles. The number of thiocarbonyl (C=S) groups is 1. The summed E-state index contributed by atoms with van der Waals surface area (Å²) in [5.74, 6) is 0.494. The van der Waals surface area contributed by atoms with Crippen molar-refractivity contribution < 1.29 is 13.9 Å². The summed E-state index contributed by atoms with van der Waals surface area (Å²) in [5, 5.41) is 8.31. The molecular formula is C26H17BrClN3O3S. The molecule has 0 fully saturated rings. The quantitative estimate of drug-likeness (QED) is 0.224. The van der Waals surface area contributed by atoms with Crippen LogP contribution in [0, 0.1) is 0 Å². The molecule has 1 aromatic heterocycles. The molecule has 0 bridgehead atoms. The van der Waals surface area contributed by atoms with E-state index in [4.69, 9.17) is 33.0 Å². The van der Waals surface area contributed by atoms with E-state index < -0.39 is 0 Å². The van der Waals surface area contributed by atoms with E-state index in [1.54, 1.807) is 30.3 Å². The fourth-order valence-corrected chi connectivity index (χ4v) is 4.45. The van der Waals surface area contributed by atoms with Crippen LogP contribution in [0.25, 0.3) is 33.3 Å². The molecule has 5 rings (SSSR count). The molecule has 0 aliphatic heterocycles. The lowest BCUT2D eigenvalue weighted by molar-refractivity contribution is 0.0975. The number of nitrogens with zero attached hydrogens (tertiary/aromatic N) is 1. The molecule has 4 aromatic carbocycles. The number of ether oxygens (including phenoxy) is 1. The Morgan fingerprint density at radius 3 is 2.60 bits per heavy atom. The number of carbonyl (C=O) groups is 1. The van der Waals surface area contributed by atoms with E-state index in [9.17, 15) is 4.79 Å². The van der Waals surface area contributed by atoms with E-state index in [1.165, 1.54) is 7.11 Å². The van der Waals surface area contributed by atoms with Crippen LogP contribution < -0.4 is 15.4 Å². The summed E-state index contributed by atoms with van der Waals surface area (Å²) >= 11 is 15.1. The standard InChI is InChI=1S/C26H17BrClN3O3S/c1-33-23-11-15-5-3-2-4-14(15)10-19(23)24(32)31-26(35)29-17-7-9-22-21(13-17)30-25(34-22)18-12-16(27)6-8-20(18)28/h2-13H,1H3,(H2,29,31,32,35). The van der Waals surface area contributed by atoms with E-state index in [0.717, 1.165) is 15.2 Å². The van der Waals surface area contributed by atoms with Crippen molar-refractivity contribution in [2.24, 2.45) is 0 Å². The Labute approximate surface area is 219 Å². The Morgan fingerprint density at radius 1 is 1.06 bits per heavy atom. The van der Waals surface area contributed by atoms with Crippen molar-refractivity contribution in [1.82, 2.24) is 10.3 Å². The smallest absolute Gasteiger partial charge is 0.261 e. The molecule has 9 heteroatoms. The third-order valence-electron chi connectivity index (χ3n) is 5.34. The molecule has 174 valence electrons. The molecule has 0 unspecified atom stereocenters. The molecule has 0 spiro atoms. The number of benzene rings is 4. The Kier molecular flexibility index (Phi) is 6.42. The van der Waals surface area contributed by atoms with Crippen LogP contribution in [-0.2, 0) is 0 Å². The summed E-state index contributed by atoms with van der Waals surface area (Å²) in [6, 6.07) is 22.2. The number of hydrogen-bond acceptors (Lipinski definition) is 5. The third-order valence-corrected chi connectivity index (χ3v) is 6.37. The summed E-state index contributed by atoms with van der Waals surface area (Å²) in [6.07, 6.45) is 0. The largest absolute Gasteiger partial charge is 0.496 e. The first kappa shape index (κ1) is 23.3. The van der Waals surface area contributed by atoms with Gasteiger partial charge in [0.15, 0.2) is 10.7 Å². The van der Waals surface area contributed by atoms with Gasteiger partial charge in [0.2, 0.25) is 5.89 Å². The van der Waals surface area contributed by atoms with Crippen LogP contribution in [0.1, 0.15) is 10.4 Å². The molecular weight excluding hydrogens is 550 g/mol. The summed E-state index contributed by atoms with van der Waals surface area (Å²) in [4.78, 5) is 17.5. The first-order valence-corrected chi connectivity index (χ1v) is 12.0. The number of aromatic nitrogens is 1. The van der Waals surface area contributed by atoms with Crippen LogP contribution in [0.2, 0.25) is 5.02 Å². The second-order valence-corrected chi connectivity index (χ2v) is 9.36. The maximum Gasteiger partial charge on any atom is 0.261 e. The van der Waals surface area contributed by atoms with Crippen molar-refractivity contribution in [3.8, 4) is 17.2 Å².